The van der Waals surface area contributed by atoms with E-state index in [4.69, 9.17) is 0 Å². The van der Waals surface area contributed by atoms with Gasteiger partial charge in [-0.1, -0.05) is 24.6 Å². The van der Waals surface area contributed by atoms with Gasteiger partial charge in [0.05, 0.1) is 6.54 Å². The van der Waals surface area contributed by atoms with Gasteiger partial charge in [0.1, 0.15) is 0 Å². The lowest BCUT2D eigenvalue weighted by Crippen LogP contribution is -2.52. The number of benzene rings is 1. The first kappa shape index (κ1) is 21.6. The molecule has 1 atom stereocenters. The van der Waals surface area contributed by atoms with Crippen LogP contribution in [-0.2, 0) is 4.79 Å². The fourth-order valence-electron chi connectivity index (χ4n) is 4.19. The van der Waals surface area contributed by atoms with Gasteiger partial charge in [0.25, 0.3) is 0 Å². The topological polar surface area (TPSA) is 76.7 Å². The zero-order valence-corrected chi connectivity index (χ0v) is 17.5. The van der Waals surface area contributed by atoms with Crippen LogP contribution in [0.4, 0.5) is 10.5 Å². The Hall–Kier alpha value is -2.12. The van der Waals surface area contributed by atoms with E-state index in [0.29, 0.717) is 6.54 Å². The van der Waals surface area contributed by atoms with Gasteiger partial charge in [0.15, 0.2) is 0 Å². The van der Waals surface area contributed by atoms with Crippen molar-refractivity contribution in [2.45, 2.75) is 51.1 Å². The number of likely N-dealkylation sites (tertiary alicyclic amines) is 2. The van der Waals surface area contributed by atoms with Gasteiger partial charge in [-0.3, -0.25) is 9.69 Å². The van der Waals surface area contributed by atoms with Crippen molar-refractivity contribution in [3.05, 3.63) is 30.3 Å². The number of amides is 3. The molecule has 2 heterocycles. The van der Waals surface area contributed by atoms with Gasteiger partial charge >= 0.3 is 6.03 Å². The molecule has 0 saturated carbocycles. The molecule has 29 heavy (non-hydrogen) atoms. The van der Waals surface area contributed by atoms with Crippen LogP contribution < -0.4 is 16.0 Å². The number of carbonyl (C=O) groups excluding carboxylic acids is 2. The van der Waals surface area contributed by atoms with Crippen molar-refractivity contribution in [1.82, 2.24) is 20.4 Å². The van der Waals surface area contributed by atoms with Crippen LogP contribution in [0.5, 0.6) is 0 Å². The highest BCUT2D eigenvalue weighted by molar-refractivity contribution is 5.92. The second-order valence-electron chi connectivity index (χ2n) is 8.34. The second-order valence-corrected chi connectivity index (χ2v) is 8.34. The van der Waals surface area contributed by atoms with E-state index < -0.39 is 0 Å². The third-order valence-electron chi connectivity index (χ3n) is 5.71. The predicted octanol–water partition coefficient (Wildman–Crippen LogP) is 2.26. The van der Waals surface area contributed by atoms with Crippen molar-refractivity contribution in [3.63, 3.8) is 0 Å². The van der Waals surface area contributed by atoms with E-state index in [1.165, 1.54) is 19.3 Å². The number of hydrogen-bond donors (Lipinski definition) is 3. The lowest BCUT2D eigenvalue weighted by molar-refractivity contribution is -0.117. The summed E-state index contributed by atoms with van der Waals surface area (Å²) in [5, 5.41) is 9.10. The summed E-state index contributed by atoms with van der Waals surface area (Å²) in [5.41, 5.74) is 0.824. The number of nitrogens with one attached hydrogen (secondary N) is 3. The molecule has 1 unspecified atom stereocenters. The maximum atomic E-state index is 12.3. The van der Waals surface area contributed by atoms with Crippen molar-refractivity contribution >= 4 is 17.6 Å². The van der Waals surface area contributed by atoms with Gasteiger partial charge in [-0.2, -0.15) is 0 Å². The minimum Gasteiger partial charge on any atom is -0.335 e. The van der Waals surface area contributed by atoms with E-state index in [1.807, 2.05) is 30.3 Å². The maximum absolute atomic E-state index is 12.3. The molecule has 2 aliphatic rings. The third kappa shape index (κ3) is 7.66. The summed E-state index contributed by atoms with van der Waals surface area (Å²) in [6.07, 6.45) is 5.59. The van der Waals surface area contributed by atoms with Crippen LogP contribution in [0.25, 0.3) is 0 Å². The number of hydrogen-bond acceptors (Lipinski definition) is 4. The highest BCUT2D eigenvalue weighted by atomic mass is 16.2. The molecule has 2 saturated heterocycles. The highest BCUT2D eigenvalue weighted by Gasteiger charge is 2.23. The van der Waals surface area contributed by atoms with E-state index in [1.54, 1.807) is 0 Å². The molecule has 0 radical (unpaired) electrons. The number of nitrogens with zero attached hydrogens (tertiary/aromatic N) is 2. The summed E-state index contributed by atoms with van der Waals surface area (Å²) in [4.78, 5) is 29.1. The summed E-state index contributed by atoms with van der Waals surface area (Å²) < 4.78 is 0. The van der Waals surface area contributed by atoms with E-state index in [-0.39, 0.29) is 24.0 Å². The van der Waals surface area contributed by atoms with E-state index in [2.05, 4.69) is 32.7 Å². The molecular weight excluding hydrogens is 366 g/mol. The van der Waals surface area contributed by atoms with E-state index in [0.717, 1.165) is 51.3 Å². The quantitative estimate of drug-likeness (QED) is 0.655. The number of para-hydroxylation sites is 1. The molecule has 1 aromatic carbocycles. The first-order valence-electron chi connectivity index (χ1n) is 10.9. The summed E-state index contributed by atoms with van der Waals surface area (Å²) >= 11 is 0. The molecule has 0 aromatic heterocycles. The highest BCUT2D eigenvalue weighted by Crippen LogP contribution is 2.12. The molecule has 0 aliphatic carbocycles. The lowest BCUT2D eigenvalue weighted by atomic mass is 10.1. The zero-order chi connectivity index (χ0) is 20.5. The summed E-state index contributed by atoms with van der Waals surface area (Å²) in [6.45, 7) is 7.30. The van der Waals surface area contributed by atoms with Crippen LogP contribution in [-0.4, -0.2) is 73.1 Å². The van der Waals surface area contributed by atoms with Gasteiger partial charge in [-0.15, -0.1) is 0 Å². The van der Waals surface area contributed by atoms with Crippen molar-refractivity contribution in [2.75, 3.05) is 44.6 Å². The Kier molecular flexibility index (Phi) is 8.31. The van der Waals surface area contributed by atoms with Crippen LogP contribution >= 0.6 is 0 Å². The largest absolute Gasteiger partial charge is 0.335 e. The van der Waals surface area contributed by atoms with Crippen LogP contribution in [0.15, 0.2) is 30.3 Å². The number of urea groups is 1. The number of rotatable bonds is 7. The van der Waals surface area contributed by atoms with E-state index in [9.17, 15) is 9.59 Å². The Bertz CT molecular complexity index is 640. The fraction of sp³-hybridized carbons (Fsp3) is 0.636. The Morgan fingerprint density at radius 2 is 1.69 bits per heavy atom. The molecule has 7 nitrogen and oxygen atoms in total. The van der Waals surface area contributed by atoms with Gasteiger partial charge < -0.3 is 20.9 Å². The minimum absolute atomic E-state index is 0.00638. The minimum atomic E-state index is -0.0743. The van der Waals surface area contributed by atoms with Crippen LogP contribution in [0.3, 0.4) is 0 Å². The van der Waals surface area contributed by atoms with Crippen molar-refractivity contribution in [1.29, 1.82) is 0 Å². The average molecular weight is 402 g/mol. The molecule has 3 amide bonds. The lowest BCUT2D eigenvalue weighted by Gasteiger charge is -2.32. The average Bonchev–Trinajstić information content (AvgIpc) is 2.71. The normalized spacial score (nSPS) is 20.0. The molecule has 1 aromatic rings. The molecule has 3 N–H and O–H groups in total. The van der Waals surface area contributed by atoms with Gasteiger partial charge in [-0.25, -0.2) is 4.79 Å². The SMILES string of the molecule is CC(CN1CCCCC1)NC(=O)NC1CCN(CC(=O)Nc2ccccc2)CC1. The molecule has 160 valence electrons. The molecule has 7 heteroatoms. The third-order valence-corrected chi connectivity index (χ3v) is 5.71. The fourth-order valence-corrected chi connectivity index (χ4v) is 4.19. The second kappa shape index (κ2) is 11.2. The first-order chi connectivity index (χ1) is 14.1. The summed E-state index contributed by atoms with van der Waals surface area (Å²) in [5.74, 6) is 0.00638. The zero-order valence-electron chi connectivity index (χ0n) is 17.5. The predicted molar refractivity (Wildman–Crippen MR) is 116 cm³/mol. The van der Waals surface area contributed by atoms with Crippen LogP contribution in [0.1, 0.15) is 39.0 Å². The standard InChI is InChI=1S/C22H35N5O2/c1-18(16-26-12-6-3-7-13-26)23-22(29)25-20-10-14-27(15-11-20)17-21(28)24-19-8-4-2-5-9-19/h2,4-5,8-9,18,20H,3,6-7,10-17H2,1H3,(H,24,28)(H2,23,25,29). The summed E-state index contributed by atoms with van der Waals surface area (Å²) in [6, 6.07) is 9.77. The number of carbonyl (C=O) groups is 2. The molecule has 3 rings (SSSR count). The molecule has 2 aliphatic heterocycles. The Labute approximate surface area is 174 Å². The van der Waals surface area contributed by atoms with Crippen molar-refractivity contribution < 1.29 is 9.59 Å². The molecule has 0 spiro atoms. The summed E-state index contributed by atoms with van der Waals surface area (Å²) in [7, 11) is 0. The smallest absolute Gasteiger partial charge is 0.315 e. The van der Waals surface area contributed by atoms with Crippen LogP contribution in [0, 0.1) is 0 Å². The van der Waals surface area contributed by atoms with Crippen LogP contribution in [0.2, 0.25) is 0 Å². The van der Waals surface area contributed by atoms with Crippen molar-refractivity contribution in [2.24, 2.45) is 0 Å². The van der Waals surface area contributed by atoms with Crippen molar-refractivity contribution in [3.8, 4) is 0 Å². The van der Waals surface area contributed by atoms with E-state index >= 15 is 0 Å². The number of anilines is 1. The molecule has 2 fully saturated rings. The van der Waals surface area contributed by atoms with Gasteiger partial charge in [0, 0.05) is 37.4 Å². The molecular formula is C22H35N5O2. The van der Waals surface area contributed by atoms with Gasteiger partial charge in [0.2, 0.25) is 5.91 Å². The first-order valence-corrected chi connectivity index (χ1v) is 10.9. The monoisotopic (exact) mass is 401 g/mol. The Balaban J connectivity index is 1.30. The maximum Gasteiger partial charge on any atom is 0.315 e. The number of piperidine rings is 2. The Morgan fingerprint density at radius 1 is 1.00 bits per heavy atom. The van der Waals surface area contributed by atoms with Gasteiger partial charge in [-0.05, 0) is 57.8 Å². The Morgan fingerprint density at radius 3 is 2.38 bits per heavy atom. The molecule has 0 bridgehead atoms.